The average Bonchev–Trinajstić information content (AvgIpc) is 2.67. The highest BCUT2D eigenvalue weighted by Gasteiger charge is 2.06. The van der Waals surface area contributed by atoms with Crippen LogP contribution >= 0.6 is 11.5 Å². The monoisotopic (exact) mass is 249 g/mol. The standard InChI is InChI=1S/C12H11NO3S/c1-2-11(14)16-8-7-13-12(15)9-5-3-4-6-10(9)17-13/h2-6H,1,7-8H2. The SMILES string of the molecule is C=CC(=O)OCCn1sc2ccccc2c1=O. The molecule has 0 amide bonds. The fourth-order valence-electron chi connectivity index (χ4n) is 1.45. The van der Waals surface area contributed by atoms with Crippen LogP contribution in [0.1, 0.15) is 0 Å². The van der Waals surface area contributed by atoms with Crippen molar-refractivity contribution >= 4 is 27.6 Å². The average molecular weight is 249 g/mol. The van der Waals surface area contributed by atoms with E-state index in [2.05, 4.69) is 6.58 Å². The Hall–Kier alpha value is -1.88. The molecule has 0 aliphatic carbocycles. The van der Waals surface area contributed by atoms with Crippen LogP contribution in [0.4, 0.5) is 0 Å². The number of nitrogens with zero attached hydrogens (tertiary/aromatic N) is 1. The zero-order valence-electron chi connectivity index (χ0n) is 9.09. The van der Waals surface area contributed by atoms with Crippen LogP contribution in [0, 0.1) is 0 Å². The number of ether oxygens (including phenoxy) is 1. The van der Waals surface area contributed by atoms with Gasteiger partial charge >= 0.3 is 5.97 Å². The van der Waals surface area contributed by atoms with E-state index >= 15 is 0 Å². The molecule has 0 radical (unpaired) electrons. The molecule has 0 spiro atoms. The van der Waals surface area contributed by atoms with Gasteiger partial charge in [0.2, 0.25) is 0 Å². The number of esters is 1. The van der Waals surface area contributed by atoms with Crippen LogP contribution in [-0.4, -0.2) is 16.5 Å². The Balaban J connectivity index is 2.14. The predicted molar refractivity (Wildman–Crippen MR) is 67.2 cm³/mol. The van der Waals surface area contributed by atoms with E-state index in [0.29, 0.717) is 11.9 Å². The molecule has 88 valence electrons. The van der Waals surface area contributed by atoms with Crippen molar-refractivity contribution in [3.8, 4) is 0 Å². The van der Waals surface area contributed by atoms with E-state index < -0.39 is 5.97 Å². The Labute approximate surface area is 102 Å². The summed E-state index contributed by atoms with van der Waals surface area (Å²) in [6, 6.07) is 7.41. The number of rotatable bonds is 4. The minimum atomic E-state index is -0.473. The van der Waals surface area contributed by atoms with Crippen molar-refractivity contribution in [2.45, 2.75) is 6.54 Å². The molecule has 2 rings (SSSR count). The van der Waals surface area contributed by atoms with Gasteiger partial charge in [-0.05, 0) is 12.1 Å². The van der Waals surface area contributed by atoms with Crippen molar-refractivity contribution in [1.82, 2.24) is 3.96 Å². The number of aromatic nitrogens is 1. The van der Waals surface area contributed by atoms with Crippen molar-refractivity contribution in [2.75, 3.05) is 6.61 Å². The molecule has 0 saturated carbocycles. The second-order valence-corrected chi connectivity index (χ2v) is 4.43. The van der Waals surface area contributed by atoms with Crippen LogP contribution in [0.5, 0.6) is 0 Å². The van der Waals surface area contributed by atoms with Crippen molar-refractivity contribution in [3.05, 3.63) is 47.3 Å². The minimum absolute atomic E-state index is 0.0414. The molecule has 0 atom stereocenters. The first-order valence-electron chi connectivity index (χ1n) is 5.10. The zero-order valence-corrected chi connectivity index (χ0v) is 9.90. The summed E-state index contributed by atoms with van der Waals surface area (Å²) < 4.78 is 7.36. The smallest absolute Gasteiger partial charge is 0.330 e. The molecule has 17 heavy (non-hydrogen) atoms. The summed E-state index contributed by atoms with van der Waals surface area (Å²) in [5.41, 5.74) is -0.0414. The Morgan fingerprint density at radius 2 is 2.24 bits per heavy atom. The lowest BCUT2D eigenvalue weighted by Crippen LogP contribution is -2.17. The Morgan fingerprint density at radius 1 is 1.47 bits per heavy atom. The molecule has 0 aliphatic heterocycles. The lowest BCUT2D eigenvalue weighted by atomic mass is 10.3. The Bertz CT molecular complexity index is 611. The summed E-state index contributed by atoms with van der Waals surface area (Å²) in [6.07, 6.45) is 1.10. The van der Waals surface area contributed by atoms with Gasteiger partial charge in [0.15, 0.2) is 0 Å². The van der Waals surface area contributed by atoms with Crippen molar-refractivity contribution in [3.63, 3.8) is 0 Å². The van der Waals surface area contributed by atoms with Crippen LogP contribution < -0.4 is 5.56 Å². The molecule has 0 fully saturated rings. The van der Waals surface area contributed by atoms with Gasteiger partial charge in [-0.2, -0.15) is 0 Å². The number of hydrogen-bond donors (Lipinski definition) is 0. The Kier molecular flexibility index (Phi) is 3.39. The molecule has 1 aromatic heterocycles. The summed E-state index contributed by atoms with van der Waals surface area (Å²) in [5.74, 6) is -0.473. The molecule has 4 nitrogen and oxygen atoms in total. The van der Waals surface area contributed by atoms with E-state index in [1.165, 1.54) is 11.5 Å². The van der Waals surface area contributed by atoms with Gasteiger partial charge in [0, 0.05) is 6.08 Å². The fourth-order valence-corrected chi connectivity index (χ4v) is 2.43. The summed E-state index contributed by atoms with van der Waals surface area (Å²) >= 11 is 1.37. The van der Waals surface area contributed by atoms with Gasteiger partial charge in [-0.3, -0.25) is 8.75 Å². The van der Waals surface area contributed by atoms with Gasteiger partial charge < -0.3 is 4.74 Å². The summed E-state index contributed by atoms with van der Waals surface area (Å²) in [4.78, 5) is 22.7. The molecule has 0 aliphatic rings. The summed E-state index contributed by atoms with van der Waals surface area (Å²) in [6.45, 7) is 3.85. The molecule has 0 bridgehead atoms. The predicted octanol–water partition coefficient (Wildman–Crippen LogP) is 1.79. The van der Waals surface area contributed by atoms with E-state index in [1.54, 1.807) is 10.0 Å². The first kappa shape index (κ1) is 11.6. The van der Waals surface area contributed by atoms with Crippen LogP contribution in [-0.2, 0) is 16.1 Å². The molecule has 1 heterocycles. The van der Waals surface area contributed by atoms with Crippen LogP contribution in [0.2, 0.25) is 0 Å². The highest BCUT2D eigenvalue weighted by molar-refractivity contribution is 7.13. The molecule has 0 unspecified atom stereocenters. The lowest BCUT2D eigenvalue weighted by Gasteiger charge is -2.00. The van der Waals surface area contributed by atoms with Gasteiger partial charge in [0.1, 0.15) is 6.61 Å². The number of carbonyl (C=O) groups is 1. The fraction of sp³-hybridized carbons (Fsp3) is 0.167. The zero-order chi connectivity index (χ0) is 12.3. The molecule has 2 aromatic rings. The molecule has 0 N–H and O–H groups in total. The maximum atomic E-state index is 11.9. The lowest BCUT2D eigenvalue weighted by molar-refractivity contribution is -0.137. The van der Waals surface area contributed by atoms with E-state index in [9.17, 15) is 9.59 Å². The third-order valence-corrected chi connectivity index (χ3v) is 3.38. The molecule has 0 saturated heterocycles. The van der Waals surface area contributed by atoms with Gasteiger partial charge in [0.05, 0.1) is 16.6 Å². The normalized spacial score (nSPS) is 10.4. The topological polar surface area (TPSA) is 48.3 Å². The maximum absolute atomic E-state index is 11.9. The first-order chi connectivity index (χ1) is 8.22. The second-order valence-electron chi connectivity index (χ2n) is 3.37. The van der Waals surface area contributed by atoms with E-state index in [0.717, 1.165) is 10.8 Å². The van der Waals surface area contributed by atoms with Crippen molar-refractivity contribution < 1.29 is 9.53 Å². The van der Waals surface area contributed by atoms with Crippen molar-refractivity contribution in [1.29, 1.82) is 0 Å². The number of carbonyl (C=O) groups excluding carboxylic acids is 1. The number of hydrogen-bond acceptors (Lipinski definition) is 4. The summed E-state index contributed by atoms with van der Waals surface area (Å²) in [5, 5.41) is 0.701. The first-order valence-corrected chi connectivity index (χ1v) is 5.88. The Morgan fingerprint density at radius 3 is 2.94 bits per heavy atom. The molecular weight excluding hydrogens is 238 g/mol. The minimum Gasteiger partial charge on any atom is -0.461 e. The third kappa shape index (κ3) is 2.45. The van der Waals surface area contributed by atoms with Gasteiger partial charge in [-0.1, -0.05) is 30.2 Å². The van der Waals surface area contributed by atoms with Crippen molar-refractivity contribution in [2.24, 2.45) is 0 Å². The highest BCUT2D eigenvalue weighted by atomic mass is 32.1. The summed E-state index contributed by atoms with van der Waals surface area (Å²) in [7, 11) is 0. The van der Waals surface area contributed by atoms with E-state index in [-0.39, 0.29) is 12.2 Å². The largest absolute Gasteiger partial charge is 0.461 e. The van der Waals surface area contributed by atoms with Crippen LogP contribution in [0.25, 0.3) is 10.1 Å². The third-order valence-electron chi connectivity index (χ3n) is 2.26. The van der Waals surface area contributed by atoms with Gasteiger partial charge in [-0.15, -0.1) is 0 Å². The maximum Gasteiger partial charge on any atom is 0.330 e. The molecule has 1 aromatic carbocycles. The van der Waals surface area contributed by atoms with Crippen LogP contribution in [0.15, 0.2) is 41.7 Å². The molecule has 5 heteroatoms. The van der Waals surface area contributed by atoms with Gasteiger partial charge in [-0.25, -0.2) is 4.79 Å². The van der Waals surface area contributed by atoms with E-state index in [1.807, 2.05) is 18.2 Å². The molecular formula is C12H11NO3S. The number of benzene rings is 1. The second kappa shape index (κ2) is 4.97. The highest BCUT2D eigenvalue weighted by Crippen LogP contribution is 2.15. The quantitative estimate of drug-likeness (QED) is 0.613. The van der Waals surface area contributed by atoms with Gasteiger partial charge in [0.25, 0.3) is 5.56 Å². The number of fused-ring (bicyclic) bond motifs is 1. The van der Waals surface area contributed by atoms with E-state index in [4.69, 9.17) is 4.74 Å². The van der Waals surface area contributed by atoms with Crippen LogP contribution in [0.3, 0.4) is 0 Å².